The predicted octanol–water partition coefficient (Wildman–Crippen LogP) is 7.46. The lowest BCUT2D eigenvalue weighted by Crippen LogP contribution is -2.57. The number of para-hydroxylation sites is 5. The van der Waals surface area contributed by atoms with Gasteiger partial charge in [-0.25, -0.2) is 0 Å². The maximum Gasteiger partial charge on any atom is 0.260 e. The monoisotopic (exact) mass is 525 g/mol. The maximum atomic E-state index is 6.83. The van der Waals surface area contributed by atoms with Crippen LogP contribution in [0.15, 0.2) is 133 Å². The first kappa shape index (κ1) is 22.6. The van der Waals surface area contributed by atoms with Gasteiger partial charge in [0, 0.05) is 34.4 Å². The summed E-state index contributed by atoms with van der Waals surface area (Å²) in [5, 5.41) is 0. The van der Waals surface area contributed by atoms with Crippen molar-refractivity contribution in [3.8, 4) is 34.1 Å². The van der Waals surface area contributed by atoms with E-state index in [2.05, 4.69) is 120 Å². The molecule has 3 aliphatic rings. The van der Waals surface area contributed by atoms with Crippen LogP contribution in [0.3, 0.4) is 0 Å². The lowest BCUT2D eigenvalue weighted by Gasteiger charge is -2.36. The third-order valence-corrected chi connectivity index (χ3v) is 8.59. The number of benzene rings is 6. The van der Waals surface area contributed by atoms with Crippen LogP contribution in [0.2, 0.25) is 0 Å². The third kappa shape index (κ3) is 3.28. The summed E-state index contributed by atoms with van der Waals surface area (Å²) in [4.78, 5) is 2.42. The second-order valence-electron chi connectivity index (χ2n) is 10.9. The number of anilines is 3. The molecule has 3 aliphatic heterocycles. The Morgan fingerprint density at radius 1 is 0.512 bits per heavy atom. The van der Waals surface area contributed by atoms with Crippen molar-refractivity contribution in [2.45, 2.75) is 6.42 Å². The van der Waals surface area contributed by atoms with Crippen molar-refractivity contribution in [1.82, 2.24) is 0 Å². The van der Waals surface area contributed by atoms with Crippen LogP contribution < -0.4 is 30.8 Å². The number of nitrogens with zero attached hydrogens (tertiary/aromatic N) is 1. The summed E-state index contributed by atoms with van der Waals surface area (Å²) in [5.41, 5.74) is 11.9. The quantitative estimate of drug-likeness (QED) is 0.219. The van der Waals surface area contributed by atoms with Crippen molar-refractivity contribution in [2.24, 2.45) is 0 Å². The molecular formula is C37H24BNO2. The Hall–Kier alpha value is -5.22. The summed E-state index contributed by atoms with van der Waals surface area (Å²) in [6.07, 6.45) is 0.887. The Kier molecular flexibility index (Phi) is 4.76. The zero-order chi connectivity index (χ0) is 26.9. The van der Waals surface area contributed by atoms with Gasteiger partial charge in [0.15, 0.2) is 0 Å². The fraction of sp³-hybridized carbons (Fsp3) is 0.0270. The second kappa shape index (κ2) is 8.64. The summed E-state index contributed by atoms with van der Waals surface area (Å²) in [5.74, 6) is 3.55. The molecule has 3 heterocycles. The van der Waals surface area contributed by atoms with Gasteiger partial charge in [-0.05, 0) is 58.5 Å². The highest BCUT2D eigenvalue weighted by Crippen LogP contribution is 2.50. The Morgan fingerprint density at radius 2 is 1.17 bits per heavy atom. The lowest BCUT2D eigenvalue weighted by atomic mass is 9.34. The molecule has 4 heteroatoms. The fourth-order valence-corrected chi connectivity index (χ4v) is 6.88. The van der Waals surface area contributed by atoms with Crippen LogP contribution in [0, 0.1) is 0 Å². The Bertz CT molecular complexity index is 2000. The zero-order valence-corrected chi connectivity index (χ0v) is 22.2. The molecule has 6 aromatic rings. The van der Waals surface area contributed by atoms with Crippen molar-refractivity contribution in [3.05, 3.63) is 145 Å². The van der Waals surface area contributed by atoms with E-state index >= 15 is 0 Å². The Balaban J connectivity index is 1.30. The highest BCUT2D eigenvalue weighted by Gasteiger charge is 2.41. The molecule has 9 rings (SSSR count). The SMILES string of the molecule is c1ccc(N2c3ccccc3Cc3cccc(-c4cccc5c4Oc4cccc6c4B5c4ccccc4O6)c32)cc1. The minimum Gasteiger partial charge on any atom is -0.458 e. The van der Waals surface area contributed by atoms with Crippen molar-refractivity contribution in [1.29, 1.82) is 0 Å². The van der Waals surface area contributed by atoms with Gasteiger partial charge in [0.1, 0.15) is 23.0 Å². The van der Waals surface area contributed by atoms with Gasteiger partial charge in [-0.3, -0.25) is 0 Å². The lowest BCUT2D eigenvalue weighted by molar-refractivity contribution is 0.465. The largest absolute Gasteiger partial charge is 0.458 e. The van der Waals surface area contributed by atoms with Crippen LogP contribution in [-0.2, 0) is 6.42 Å². The predicted molar refractivity (Wildman–Crippen MR) is 167 cm³/mol. The molecule has 0 amide bonds. The molecule has 0 aliphatic carbocycles. The molecule has 0 bridgehead atoms. The molecule has 0 unspecified atom stereocenters. The highest BCUT2D eigenvalue weighted by molar-refractivity contribution is 6.98. The highest BCUT2D eigenvalue weighted by atomic mass is 16.5. The summed E-state index contributed by atoms with van der Waals surface area (Å²) < 4.78 is 13.2. The van der Waals surface area contributed by atoms with Gasteiger partial charge in [-0.15, -0.1) is 0 Å². The smallest absolute Gasteiger partial charge is 0.260 e. The summed E-state index contributed by atoms with van der Waals surface area (Å²) in [6.45, 7) is 0.0420. The molecule has 0 spiro atoms. The van der Waals surface area contributed by atoms with Crippen LogP contribution in [-0.4, -0.2) is 6.71 Å². The summed E-state index contributed by atoms with van der Waals surface area (Å²) in [7, 11) is 0. The minimum atomic E-state index is 0.0420. The molecule has 0 saturated heterocycles. The van der Waals surface area contributed by atoms with Crippen LogP contribution in [0.4, 0.5) is 17.1 Å². The molecule has 3 nitrogen and oxygen atoms in total. The average molecular weight is 525 g/mol. The first-order chi connectivity index (χ1) is 20.3. The molecule has 0 N–H and O–H groups in total. The van der Waals surface area contributed by atoms with E-state index in [0.29, 0.717) is 0 Å². The molecule has 0 radical (unpaired) electrons. The molecular weight excluding hydrogens is 501 g/mol. The van der Waals surface area contributed by atoms with E-state index < -0.39 is 0 Å². The minimum absolute atomic E-state index is 0.0420. The fourth-order valence-electron chi connectivity index (χ4n) is 6.88. The number of rotatable bonds is 2. The van der Waals surface area contributed by atoms with Gasteiger partial charge >= 0.3 is 0 Å². The van der Waals surface area contributed by atoms with Crippen molar-refractivity contribution in [3.63, 3.8) is 0 Å². The van der Waals surface area contributed by atoms with Crippen LogP contribution in [0.25, 0.3) is 11.1 Å². The van der Waals surface area contributed by atoms with Gasteiger partial charge < -0.3 is 14.4 Å². The standard InChI is InChI=1S/C37H24BNO2/c1-2-13-26(14-3-1)39-31-19-6-4-11-24(31)23-25-12-8-15-27(36(25)39)28-16-9-18-30-37(28)41-34-22-10-21-33-35(34)38(30)29-17-5-7-20-32(29)40-33/h1-22H,23H2. The number of hydrogen-bond donors (Lipinski definition) is 0. The molecule has 0 aromatic heterocycles. The van der Waals surface area contributed by atoms with Crippen LogP contribution in [0.5, 0.6) is 23.0 Å². The number of ether oxygens (including phenoxy) is 2. The van der Waals surface area contributed by atoms with Crippen molar-refractivity contribution < 1.29 is 9.47 Å². The molecule has 6 aromatic carbocycles. The first-order valence-corrected chi connectivity index (χ1v) is 14.1. The molecule has 192 valence electrons. The van der Waals surface area contributed by atoms with E-state index in [1.807, 2.05) is 18.2 Å². The van der Waals surface area contributed by atoms with Gasteiger partial charge in [0.25, 0.3) is 6.71 Å². The zero-order valence-electron chi connectivity index (χ0n) is 22.2. The average Bonchev–Trinajstić information content (AvgIpc) is 3.03. The Labute approximate surface area is 239 Å². The summed E-state index contributed by atoms with van der Waals surface area (Å²) >= 11 is 0. The topological polar surface area (TPSA) is 21.7 Å². The molecule has 0 atom stereocenters. The van der Waals surface area contributed by atoms with Crippen molar-refractivity contribution in [2.75, 3.05) is 4.90 Å². The first-order valence-electron chi connectivity index (χ1n) is 14.1. The van der Waals surface area contributed by atoms with E-state index in [9.17, 15) is 0 Å². The van der Waals surface area contributed by atoms with Crippen molar-refractivity contribution >= 4 is 40.2 Å². The molecule has 41 heavy (non-hydrogen) atoms. The van der Waals surface area contributed by atoms with E-state index in [1.54, 1.807) is 0 Å². The normalized spacial score (nSPS) is 13.6. The third-order valence-electron chi connectivity index (χ3n) is 8.59. The van der Waals surface area contributed by atoms with Gasteiger partial charge in [0.05, 0.1) is 5.69 Å². The van der Waals surface area contributed by atoms with E-state index in [1.165, 1.54) is 33.4 Å². The van der Waals surface area contributed by atoms with E-state index in [0.717, 1.165) is 51.7 Å². The number of fused-ring (bicyclic) bond motifs is 6. The summed E-state index contributed by atoms with van der Waals surface area (Å²) in [6, 6.07) is 47.2. The van der Waals surface area contributed by atoms with E-state index in [-0.39, 0.29) is 6.71 Å². The van der Waals surface area contributed by atoms with Crippen LogP contribution in [0.1, 0.15) is 11.1 Å². The van der Waals surface area contributed by atoms with Gasteiger partial charge in [-0.2, -0.15) is 0 Å². The van der Waals surface area contributed by atoms with Crippen LogP contribution >= 0.6 is 0 Å². The van der Waals surface area contributed by atoms with Gasteiger partial charge in [-0.1, -0.05) is 97.1 Å². The second-order valence-corrected chi connectivity index (χ2v) is 10.9. The Morgan fingerprint density at radius 3 is 2.10 bits per heavy atom. The molecule has 0 fully saturated rings. The van der Waals surface area contributed by atoms with E-state index in [4.69, 9.17) is 9.47 Å². The maximum absolute atomic E-state index is 6.83. The molecule has 0 saturated carbocycles. The number of hydrogen-bond acceptors (Lipinski definition) is 3. The van der Waals surface area contributed by atoms with Gasteiger partial charge in [0.2, 0.25) is 0 Å².